The van der Waals surface area contributed by atoms with Gasteiger partial charge in [0.1, 0.15) is 17.1 Å². The van der Waals surface area contributed by atoms with Crippen molar-refractivity contribution < 1.29 is 28.5 Å². The number of aromatic nitrogens is 1. The number of carbonyl (C=O) groups is 2. The van der Waals surface area contributed by atoms with Gasteiger partial charge < -0.3 is 19.3 Å². The predicted molar refractivity (Wildman–Crippen MR) is 79.8 cm³/mol. The van der Waals surface area contributed by atoms with E-state index in [1.807, 2.05) is 0 Å². The highest BCUT2D eigenvalue weighted by Crippen LogP contribution is 2.24. The Bertz CT molecular complexity index is 784. The van der Waals surface area contributed by atoms with Crippen molar-refractivity contribution in [1.29, 1.82) is 0 Å². The number of anilines is 1. The Hall–Kier alpha value is -3.43. The molecule has 1 amide bonds. The number of rotatable bonds is 6. The maximum Gasteiger partial charge on any atom is 0.342 e. The van der Waals surface area contributed by atoms with E-state index in [0.29, 0.717) is 5.76 Å². The maximum atomic E-state index is 12.0. The third kappa shape index (κ3) is 4.06. The number of nitro groups is 1. The zero-order chi connectivity index (χ0) is 17.7. The first kappa shape index (κ1) is 16.9. The van der Waals surface area contributed by atoms with E-state index in [-0.39, 0.29) is 22.8 Å². The molecular weight excluding hydrogens is 322 g/mol. The van der Waals surface area contributed by atoms with Gasteiger partial charge in [-0.2, -0.15) is 0 Å². The minimum Gasteiger partial charge on any atom is -0.496 e. The molecular formula is C14H13N3O7. The zero-order valence-corrected chi connectivity index (χ0v) is 12.8. The van der Waals surface area contributed by atoms with Crippen molar-refractivity contribution in [3.05, 3.63) is 45.7 Å². The number of aryl methyl sites for hydroxylation is 1. The molecule has 2 aromatic rings. The Morgan fingerprint density at radius 2 is 2.12 bits per heavy atom. The minimum absolute atomic E-state index is 0.0955. The van der Waals surface area contributed by atoms with Crippen LogP contribution in [0, 0.1) is 17.0 Å². The Kier molecular flexibility index (Phi) is 5.09. The molecule has 0 aliphatic rings. The first-order valence-corrected chi connectivity index (χ1v) is 6.63. The van der Waals surface area contributed by atoms with E-state index in [0.717, 1.165) is 6.07 Å². The van der Waals surface area contributed by atoms with Gasteiger partial charge in [0.2, 0.25) is 0 Å². The number of methoxy groups -OCH3 is 1. The second-order valence-corrected chi connectivity index (χ2v) is 4.59. The number of carbonyl (C=O) groups excluding carboxylic acids is 2. The number of nitrogens with one attached hydrogen (secondary N) is 1. The van der Waals surface area contributed by atoms with Gasteiger partial charge in [-0.3, -0.25) is 14.9 Å². The first-order valence-electron chi connectivity index (χ1n) is 6.63. The summed E-state index contributed by atoms with van der Waals surface area (Å²) < 4.78 is 14.6. The molecule has 1 heterocycles. The smallest absolute Gasteiger partial charge is 0.342 e. The molecule has 126 valence electrons. The Balaban J connectivity index is 2.02. The molecule has 0 aliphatic heterocycles. The van der Waals surface area contributed by atoms with Crippen molar-refractivity contribution in [3.8, 4) is 5.75 Å². The number of nitrogens with zero attached hydrogens (tertiary/aromatic N) is 2. The first-order chi connectivity index (χ1) is 11.4. The van der Waals surface area contributed by atoms with E-state index in [1.165, 1.54) is 25.3 Å². The highest BCUT2D eigenvalue weighted by molar-refractivity contribution is 5.96. The van der Waals surface area contributed by atoms with Crippen LogP contribution in [0.25, 0.3) is 0 Å². The minimum atomic E-state index is -0.929. The summed E-state index contributed by atoms with van der Waals surface area (Å²) in [5.74, 6) is -0.786. The van der Waals surface area contributed by atoms with Crippen molar-refractivity contribution in [2.75, 3.05) is 19.0 Å². The van der Waals surface area contributed by atoms with E-state index in [1.54, 1.807) is 6.92 Å². The third-order valence-electron chi connectivity index (χ3n) is 2.84. The van der Waals surface area contributed by atoms with Crippen LogP contribution in [-0.2, 0) is 9.53 Å². The van der Waals surface area contributed by atoms with Gasteiger partial charge in [-0.1, -0.05) is 5.16 Å². The summed E-state index contributed by atoms with van der Waals surface area (Å²) in [5, 5.41) is 16.7. The molecule has 1 N–H and O–H groups in total. The summed E-state index contributed by atoms with van der Waals surface area (Å²) in [4.78, 5) is 33.8. The van der Waals surface area contributed by atoms with Crippen LogP contribution in [0.5, 0.6) is 5.75 Å². The van der Waals surface area contributed by atoms with Crippen molar-refractivity contribution in [1.82, 2.24) is 5.16 Å². The molecule has 0 fully saturated rings. The normalized spacial score (nSPS) is 10.1. The molecule has 10 nitrogen and oxygen atoms in total. The molecule has 0 saturated heterocycles. The van der Waals surface area contributed by atoms with E-state index in [4.69, 9.17) is 14.0 Å². The lowest BCUT2D eigenvalue weighted by molar-refractivity contribution is -0.384. The number of ether oxygens (including phenoxy) is 2. The van der Waals surface area contributed by atoms with Crippen LogP contribution in [0.15, 0.2) is 28.8 Å². The highest BCUT2D eigenvalue weighted by atomic mass is 16.6. The van der Waals surface area contributed by atoms with Crippen LogP contribution < -0.4 is 10.1 Å². The van der Waals surface area contributed by atoms with Gasteiger partial charge in [0.25, 0.3) is 11.6 Å². The molecule has 0 aliphatic carbocycles. The van der Waals surface area contributed by atoms with Gasteiger partial charge in [-0.05, 0) is 13.0 Å². The summed E-state index contributed by atoms with van der Waals surface area (Å²) in [5.41, 5.74) is -0.456. The fourth-order valence-electron chi connectivity index (χ4n) is 1.78. The van der Waals surface area contributed by atoms with Crippen LogP contribution in [0.2, 0.25) is 0 Å². The standard InChI is InChI=1S/C14H13N3O7/c1-8-5-12(16-24-8)15-13(18)7-23-14(19)10-6-9(17(20)21)3-4-11(10)22-2/h3-6H,7H2,1-2H3,(H,15,16,18). The van der Waals surface area contributed by atoms with Crippen molar-refractivity contribution >= 4 is 23.4 Å². The van der Waals surface area contributed by atoms with Gasteiger partial charge in [0.15, 0.2) is 12.4 Å². The Labute approximate surface area is 135 Å². The topological polar surface area (TPSA) is 134 Å². The van der Waals surface area contributed by atoms with Gasteiger partial charge in [0.05, 0.1) is 12.0 Å². The lowest BCUT2D eigenvalue weighted by atomic mass is 10.2. The second-order valence-electron chi connectivity index (χ2n) is 4.59. The quantitative estimate of drug-likeness (QED) is 0.479. The monoisotopic (exact) mass is 335 g/mol. The van der Waals surface area contributed by atoms with E-state index < -0.39 is 23.4 Å². The van der Waals surface area contributed by atoms with Crippen LogP contribution in [0.1, 0.15) is 16.1 Å². The Morgan fingerprint density at radius 1 is 1.38 bits per heavy atom. The molecule has 1 aromatic carbocycles. The number of non-ortho nitro benzene ring substituents is 1. The van der Waals surface area contributed by atoms with Crippen LogP contribution >= 0.6 is 0 Å². The summed E-state index contributed by atoms with van der Waals surface area (Å²) >= 11 is 0. The number of benzene rings is 1. The molecule has 0 saturated carbocycles. The van der Waals surface area contributed by atoms with Crippen molar-refractivity contribution in [3.63, 3.8) is 0 Å². The van der Waals surface area contributed by atoms with Gasteiger partial charge in [-0.15, -0.1) is 0 Å². The zero-order valence-electron chi connectivity index (χ0n) is 12.8. The second kappa shape index (κ2) is 7.22. The lowest BCUT2D eigenvalue weighted by Crippen LogP contribution is -2.21. The number of nitro benzene ring substituents is 1. The Morgan fingerprint density at radius 3 is 2.71 bits per heavy atom. The van der Waals surface area contributed by atoms with Crippen LogP contribution in [-0.4, -0.2) is 35.7 Å². The molecule has 2 rings (SSSR count). The SMILES string of the molecule is COc1ccc([N+](=O)[O-])cc1C(=O)OCC(=O)Nc1cc(C)on1. The van der Waals surface area contributed by atoms with Crippen molar-refractivity contribution in [2.24, 2.45) is 0 Å². The molecule has 0 unspecified atom stereocenters. The number of esters is 1. The van der Waals surface area contributed by atoms with E-state index in [9.17, 15) is 19.7 Å². The molecule has 10 heteroatoms. The summed E-state index contributed by atoms with van der Waals surface area (Å²) in [6.45, 7) is 1.05. The van der Waals surface area contributed by atoms with Crippen LogP contribution in [0.4, 0.5) is 11.5 Å². The van der Waals surface area contributed by atoms with E-state index >= 15 is 0 Å². The molecule has 1 aromatic heterocycles. The fraction of sp³-hybridized carbons (Fsp3) is 0.214. The molecule has 0 bridgehead atoms. The maximum absolute atomic E-state index is 12.0. The van der Waals surface area contributed by atoms with Gasteiger partial charge >= 0.3 is 5.97 Å². The van der Waals surface area contributed by atoms with Crippen molar-refractivity contribution in [2.45, 2.75) is 6.92 Å². The van der Waals surface area contributed by atoms with Gasteiger partial charge in [-0.25, -0.2) is 4.79 Å². The number of hydrogen-bond acceptors (Lipinski definition) is 8. The lowest BCUT2D eigenvalue weighted by Gasteiger charge is -2.08. The van der Waals surface area contributed by atoms with Crippen LogP contribution in [0.3, 0.4) is 0 Å². The third-order valence-corrected chi connectivity index (χ3v) is 2.84. The molecule has 0 radical (unpaired) electrons. The average Bonchev–Trinajstić information content (AvgIpc) is 2.96. The summed E-state index contributed by atoms with van der Waals surface area (Å²) in [6, 6.07) is 4.96. The summed E-state index contributed by atoms with van der Waals surface area (Å²) in [6.07, 6.45) is 0. The summed E-state index contributed by atoms with van der Waals surface area (Å²) in [7, 11) is 1.30. The van der Waals surface area contributed by atoms with E-state index in [2.05, 4.69) is 10.5 Å². The fourth-order valence-corrected chi connectivity index (χ4v) is 1.78. The molecule has 0 spiro atoms. The average molecular weight is 335 g/mol. The molecule has 24 heavy (non-hydrogen) atoms. The number of hydrogen-bond donors (Lipinski definition) is 1. The largest absolute Gasteiger partial charge is 0.496 e. The predicted octanol–water partition coefficient (Wildman–Crippen LogP) is 1.70. The highest BCUT2D eigenvalue weighted by Gasteiger charge is 2.20. The van der Waals surface area contributed by atoms with Gasteiger partial charge in [0, 0.05) is 18.2 Å². The molecule has 0 atom stereocenters. The number of amides is 1.